The summed E-state index contributed by atoms with van der Waals surface area (Å²) >= 11 is 7.14. The largest absolute Gasteiger partial charge is 0.494 e. The maximum absolute atomic E-state index is 12.6. The fourth-order valence-electron chi connectivity index (χ4n) is 3.60. The van der Waals surface area contributed by atoms with Gasteiger partial charge in [0.1, 0.15) is 6.61 Å². The molecule has 3 N–H and O–H groups in total. The number of nitrogens with zero attached hydrogens (tertiary/aromatic N) is 2. The Kier molecular flexibility index (Phi) is 4.80. The van der Waals surface area contributed by atoms with Gasteiger partial charge >= 0.3 is 0 Å². The number of nitrogens with one attached hydrogen (secondary N) is 2. The van der Waals surface area contributed by atoms with E-state index in [0.29, 0.717) is 33.4 Å². The number of hydrogen-bond acceptors (Lipinski definition) is 5. The monoisotopic (exact) mass is 452 g/mol. The van der Waals surface area contributed by atoms with E-state index in [1.54, 1.807) is 46.0 Å². The minimum Gasteiger partial charge on any atom is -0.494 e. The highest BCUT2D eigenvalue weighted by atomic mass is 35.5. The number of ether oxygens (including phenoxy) is 1. The lowest BCUT2D eigenvalue weighted by Gasteiger charge is -2.15. The zero-order valence-corrected chi connectivity index (χ0v) is 17.7. The quantitative estimate of drug-likeness (QED) is 0.403. The van der Waals surface area contributed by atoms with Crippen LogP contribution in [0.3, 0.4) is 0 Å². The number of aromatic nitrogens is 1. The summed E-state index contributed by atoms with van der Waals surface area (Å²) in [5, 5.41) is 22.9. The molecule has 2 aromatic heterocycles. The number of aromatic hydroxyl groups is 1. The number of thiophene rings is 1. The molecular formula is C22H17ClN4O3S. The molecule has 156 valence electrons. The molecule has 0 spiro atoms. The SMILES string of the molecule is N=C1OCCN1c1ccc(-n2cc3c(NC(=O)c4ccc(Cl)s4)cccc3c2O)cc1. The molecule has 0 bridgehead atoms. The van der Waals surface area contributed by atoms with Crippen molar-refractivity contribution in [3.63, 3.8) is 0 Å². The number of carbonyl (C=O) groups excluding carboxylic acids is 1. The molecule has 1 aliphatic heterocycles. The molecule has 0 radical (unpaired) electrons. The number of hydrogen-bond donors (Lipinski definition) is 3. The van der Waals surface area contributed by atoms with Gasteiger partial charge in [-0.3, -0.25) is 19.7 Å². The Morgan fingerprint density at radius 3 is 2.55 bits per heavy atom. The van der Waals surface area contributed by atoms with Gasteiger partial charge in [-0.2, -0.15) is 0 Å². The lowest BCUT2D eigenvalue weighted by molar-refractivity contribution is 0.103. The third kappa shape index (κ3) is 3.49. The van der Waals surface area contributed by atoms with Gasteiger partial charge in [0.25, 0.3) is 11.9 Å². The van der Waals surface area contributed by atoms with Gasteiger partial charge in [-0.25, -0.2) is 0 Å². The summed E-state index contributed by atoms with van der Waals surface area (Å²) in [5.74, 6) is -0.175. The van der Waals surface area contributed by atoms with Crippen LogP contribution in [-0.2, 0) is 4.74 Å². The highest BCUT2D eigenvalue weighted by Crippen LogP contribution is 2.35. The second-order valence-electron chi connectivity index (χ2n) is 6.97. The van der Waals surface area contributed by atoms with Crippen LogP contribution < -0.4 is 10.2 Å². The molecule has 3 heterocycles. The zero-order valence-electron chi connectivity index (χ0n) is 16.1. The zero-order chi connectivity index (χ0) is 21.5. The van der Waals surface area contributed by atoms with E-state index in [1.807, 2.05) is 24.3 Å². The third-order valence-corrected chi connectivity index (χ3v) is 6.35. The minimum atomic E-state index is -0.253. The predicted octanol–water partition coefficient (Wildman–Crippen LogP) is 5.07. The van der Waals surface area contributed by atoms with Crippen LogP contribution in [0.1, 0.15) is 9.67 Å². The van der Waals surface area contributed by atoms with Crippen LogP contribution in [-0.4, -0.2) is 34.8 Å². The summed E-state index contributed by atoms with van der Waals surface area (Å²) < 4.78 is 7.41. The molecule has 7 nitrogen and oxygen atoms in total. The normalized spacial score (nSPS) is 13.6. The second kappa shape index (κ2) is 7.64. The molecule has 0 atom stereocenters. The fraction of sp³-hybridized carbons (Fsp3) is 0.0909. The molecule has 31 heavy (non-hydrogen) atoms. The van der Waals surface area contributed by atoms with Gasteiger partial charge in [0.15, 0.2) is 0 Å². The number of amides is 1. The molecule has 1 saturated heterocycles. The van der Waals surface area contributed by atoms with Crippen LogP contribution in [0.5, 0.6) is 5.88 Å². The van der Waals surface area contributed by atoms with E-state index in [1.165, 1.54) is 11.3 Å². The first kappa shape index (κ1) is 19.5. The van der Waals surface area contributed by atoms with Gasteiger partial charge in [-0.1, -0.05) is 17.7 Å². The Morgan fingerprint density at radius 2 is 1.87 bits per heavy atom. The van der Waals surface area contributed by atoms with Crippen molar-refractivity contribution in [1.82, 2.24) is 4.57 Å². The number of halogens is 1. The molecule has 9 heteroatoms. The lowest BCUT2D eigenvalue weighted by Crippen LogP contribution is -2.23. The summed E-state index contributed by atoms with van der Waals surface area (Å²) in [4.78, 5) is 14.9. The number of fused-ring (bicyclic) bond motifs is 1. The van der Waals surface area contributed by atoms with Gasteiger partial charge in [0.2, 0.25) is 5.88 Å². The number of carbonyl (C=O) groups is 1. The summed E-state index contributed by atoms with van der Waals surface area (Å²) in [6, 6.07) is 16.4. The number of amidine groups is 1. The van der Waals surface area contributed by atoms with Gasteiger partial charge in [0, 0.05) is 28.3 Å². The van der Waals surface area contributed by atoms with E-state index < -0.39 is 0 Å². The van der Waals surface area contributed by atoms with E-state index in [-0.39, 0.29) is 17.8 Å². The van der Waals surface area contributed by atoms with Crippen molar-refractivity contribution in [2.24, 2.45) is 0 Å². The Hall–Kier alpha value is -3.49. The third-order valence-electron chi connectivity index (χ3n) is 5.12. The van der Waals surface area contributed by atoms with Gasteiger partial charge in [-0.05, 0) is 48.5 Å². The minimum absolute atomic E-state index is 0.0789. The van der Waals surface area contributed by atoms with E-state index in [9.17, 15) is 9.90 Å². The molecule has 5 rings (SSSR count). The van der Waals surface area contributed by atoms with Gasteiger partial charge < -0.3 is 15.2 Å². The molecule has 0 aliphatic carbocycles. The van der Waals surface area contributed by atoms with E-state index in [4.69, 9.17) is 21.7 Å². The first-order valence-electron chi connectivity index (χ1n) is 9.50. The molecular weight excluding hydrogens is 436 g/mol. The topological polar surface area (TPSA) is 90.6 Å². The van der Waals surface area contributed by atoms with Crippen molar-refractivity contribution in [2.45, 2.75) is 0 Å². The average molecular weight is 453 g/mol. The highest BCUT2D eigenvalue weighted by Gasteiger charge is 2.20. The van der Waals surface area contributed by atoms with Crippen LogP contribution in [0.4, 0.5) is 11.4 Å². The molecule has 1 aliphatic rings. The first-order chi connectivity index (χ1) is 15.0. The predicted molar refractivity (Wildman–Crippen MR) is 123 cm³/mol. The Balaban J connectivity index is 1.48. The maximum Gasteiger partial charge on any atom is 0.289 e. The maximum atomic E-state index is 12.6. The summed E-state index contributed by atoms with van der Waals surface area (Å²) in [6.45, 7) is 1.13. The Bertz CT molecular complexity index is 1310. The molecule has 0 unspecified atom stereocenters. The van der Waals surface area contributed by atoms with Crippen molar-refractivity contribution >= 4 is 57.0 Å². The summed E-state index contributed by atoms with van der Waals surface area (Å²) in [7, 11) is 0. The van der Waals surface area contributed by atoms with Crippen LogP contribution in [0, 0.1) is 5.41 Å². The second-order valence-corrected chi connectivity index (χ2v) is 8.68. The number of anilines is 2. The molecule has 2 aromatic carbocycles. The lowest BCUT2D eigenvalue weighted by atomic mass is 10.2. The van der Waals surface area contributed by atoms with Crippen molar-refractivity contribution in [1.29, 1.82) is 5.41 Å². The first-order valence-corrected chi connectivity index (χ1v) is 10.7. The molecule has 4 aromatic rings. The van der Waals surface area contributed by atoms with Crippen LogP contribution >= 0.6 is 22.9 Å². The summed E-state index contributed by atoms with van der Waals surface area (Å²) in [5.41, 5.74) is 2.21. The molecule has 0 saturated carbocycles. The van der Waals surface area contributed by atoms with E-state index in [0.717, 1.165) is 16.8 Å². The van der Waals surface area contributed by atoms with Crippen LogP contribution in [0.15, 0.2) is 60.8 Å². The van der Waals surface area contributed by atoms with Crippen molar-refractivity contribution in [3.05, 3.63) is 70.0 Å². The highest BCUT2D eigenvalue weighted by molar-refractivity contribution is 7.18. The van der Waals surface area contributed by atoms with Crippen molar-refractivity contribution < 1.29 is 14.6 Å². The van der Waals surface area contributed by atoms with Gasteiger partial charge in [0.05, 0.1) is 21.4 Å². The number of benzene rings is 2. The van der Waals surface area contributed by atoms with Crippen molar-refractivity contribution in [3.8, 4) is 11.6 Å². The van der Waals surface area contributed by atoms with Crippen LogP contribution in [0.25, 0.3) is 16.5 Å². The van der Waals surface area contributed by atoms with Crippen LogP contribution in [0.2, 0.25) is 4.34 Å². The molecule has 1 fully saturated rings. The van der Waals surface area contributed by atoms with Crippen molar-refractivity contribution in [2.75, 3.05) is 23.4 Å². The van der Waals surface area contributed by atoms with E-state index >= 15 is 0 Å². The standard InChI is InChI=1S/C22H17ClN4O3S/c23-19-9-8-18(31-19)20(28)25-17-3-1-2-15-16(17)12-27(21(15)29)14-6-4-13(5-7-14)26-10-11-30-22(26)24/h1-9,12,24,29H,10-11H2,(H,25,28). The summed E-state index contributed by atoms with van der Waals surface area (Å²) in [6.07, 6.45) is 1.79. The van der Waals surface area contributed by atoms with Gasteiger partial charge in [-0.15, -0.1) is 11.3 Å². The Morgan fingerprint density at radius 1 is 1.10 bits per heavy atom. The Labute approximate surface area is 186 Å². The smallest absolute Gasteiger partial charge is 0.289 e. The molecule has 1 amide bonds. The van der Waals surface area contributed by atoms with E-state index in [2.05, 4.69) is 5.32 Å². The average Bonchev–Trinajstić information content (AvgIpc) is 3.48. The number of rotatable bonds is 4. The fourth-order valence-corrected chi connectivity index (χ4v) is 4.54.